The van der Waals surface area contributed by atoms with Gasteiger partial charge in [-0.05, 0) is 31.0 Å². The van der Waals surface area contributed by atoms with E-state index < -0.39 is 0 Å². The first-order valence-corrected chi connectivity index (χ1v) is 7.66. The summed E-state index contributed by atoms with van der Waals surface area (Å²) in [5, 5.41) is 3.48. The Bertz CT molecular complexity index is 504. The molecule has 1 N–H and O–H groups in total. The maximum atomic E-state index is 5.64. The Labute approximate surface area is 123 Å². The fraction of sp³-hybridized carbons (Fsp3) is 0.500. The lowest BCUT2D eigenvalue weighted by Gasteiger charge is -2.17. The summed E-state index contributed by atoms with van der Waals surface area (Å²) in [6.45, 7) is 5.85. The van der Waals surface area contributed by atoms with Crippen molar-refractivity contribution in [2.75, 3.05) is 13.2 Å². The maximum absolute atomic E-state index is 5.64. The van der Waals surface area contributed by atoms with Crippen LogP contribution in [0.5, 0.6) is 5.75 Å². The Balaban J connectivity index is 2.19. The molecule has 0 aromatic carbocycles. The lowest BCUT2D eigenvalue weighted by atomic mass is 10.1. The predicted molar refractivity (Wildman–Crippen MR) is 80.1 cm³/mol. The van der Waals surface area contributed by atoms with Gasteiger partial charge in [0.25, 0.3) is 0 Å². The van der Waals surface area contributed by atoms with Crippen LogP contribution in [0.2, 0.25) is 0 Å². The Morgan fingerprint density at radius 2 is 2.15 bits per heavy atom. The van der Waals surface area contributed by atoms with E-state index in [1.165, 1.54) is 11.7 Å². The van der Waals surface area contributed by atoms with Crippen molar-refractivity contribution in [1.29, 1.82) is 0 Å². The molecule has 0 saturated heterocycles. The summed E-state index contributed by atoms with van der Waals surface area (Å²) in [6, 6.07) is 2.04. The van der Waals surface area contributed by atoms with Gasteiger partial charge in [-0.1, -0.05) is 13.8 Å². The molecule has 0 aliphatic carbocycles. The average molecular weight is 292 g/mol. The van der Waals surface area contributed by atoms with Crippen molar-refractivity contribution >= 4 is 11.7 Å². The number of hydrogen-bond donors (Lipinski definition) is 1. The summed E-state index contributed by atoms with van der Waals surface area (Å²) in [5.41, 5.74) is 1.98. The maximum Gasteiger partial charge on any atom is 0.137 e. The van der Waals surface area contributed by atoms with E-state index in [1.54, 1.807) is 12.4 Å². The van der Waals surface area contributed by atoms with Crippen LogP contribution in [-0.2, 0) is 0 Å². The molecule has 1 atom stereocenters. The van der Waals surface area contributed by atoms with Crippen LogP contribution in [0.25, 0.3) is 0 Å². The standard InChI is InChI=1S/C14H20N4OS/c1-3-5-16-14(13-10-17-20-18-13)11-7-12(9-15-8-11)19-6-4-2/h7-10,14,16H,3-6H2,1-2H3. The van der Waals surface area contributed by atoms with Crippen molar-refractivity contribution in [3.63, 3.8) is 0 Å². The van der Waals surface area contributed by atoms with Crippen LogP contribution in [0.4, 0.5) is 0 Å². The molecule has 1 unspecified atom stereocenters. The zero-order valence-corrected chi connectivity index (χ0v) is 12.7. The molecule has 6 heteroatoms. The number of ether oxygens (including phenoxy) is 1. The van der Waals surface area contributed by atoms with E-state index in [4.69, 9.17) is 4.74 Å². The molecule has 0 saturated carbocycles. The van der Waals surface area contributed by atoms with Crippen molar-refractivity contribution in [2.24, 2.45) is 0 Å². The van der Waals surface area contributed by atoms with Crippen LogP contribution < -0.4 is 10.1 Å². The normalized spacial score (nSPS) is 12.3. The molecule has 0 bridgehead atoms. The molecular weight excluding hydrogens is 272 g/mol. The average Bonchev–Trinajstić information content (AvgIpc) is 3.00. The van der Waals surface area contributed by atoms with Crippen molar-refractivity contribution in [3.05, 3.63) is 35.9 Å². The highest BCUT2D eigenvalue weighted by molar-refractivity contribution is 6.99. The molecule has 2 heterocycles. The van der Waals surface area contributed by atoms with Crippen LogP contribution in [-0.4, -0.2) is 26.9 Å². The smallest absolute Gasteiger partial charge is 0.137 e. The van der Waals surface area contributed by atoms with E-state index in [0.717, 1.165) is 36.4 Å². The zero-order chi connectivity index (χ0) is 14.2. The van der Waals surface area contributed by atoms with E-state index in [-0.39, 0.29) is 6.04 Å². The second kappa shape index (κ2) is 7.91. The van der Waals surface area contributed by atoms with Gasteiger partial charge in [-0.25, -0.2) is 0 Å². The number of nitrogens with zero attached hydrogens (tertiary/aromatic N) is 3. The van der Waals surface area contributed by atoms with Crippen molar-refractivity contribution < 1.29 is 4.74 Å². The SMILES string of the molecule is CCCNC(c1cncc(OCCC)c1)c1cnsn1. The lowest BCUT2D eigenvalue weighted by Crippen LogP contribution is -2.23. The minimum Gasteiger partial charge on any atom is -0.492 e. The Morgan fingerprint density at radius 1 is 1.25 bits per heavy atom. The molecule has 2 aromatic rings. The summed E-state index contributed by atoms with van der Waals surface area (Å²) < 4.78 is 14.1. The van der Waals surface area contributed by atoms with Crippen LogP contribution in [0.15, 0.2) is 24.7 Å². The molecule has 2 rings (SSSR count). The van der Waals surface area contributed by atoms with Gasteiger partial charge < -0.3 is 10.1 Å². The summed E-state index contributed by atoms with van der Waals surface area (Å²) in [7, 11) is 0. The van der Waals surface area contributed by atoms with Gasteiger partial charge in [-0.3, -0.25) is 4.98 Å². The molecule has 0 aliphatic heterocycles. The van der Waals surface area contributed by atoms with Gasteiger partial charge in [0.1, 0.15) is 5.75 Å². The van der Waals surface area contributed by atoms with Gasteiger partial charge in [-0.2, -0.15) is 8.75 Å². The van der Waals surface area contributed by atoms with Gasteiger partial charge >= 0.3 is 0 Å². The third-order valence-corrected chi connectivity index (χ3v) is 3.31. The van der Waals surface area contributed by atoms with Crippen LogP contribution in [0.3, 0.4) is 0 Å². The van der Waals surface area contributed by atoms with Crippen LogP contribution in [0, 0.1) is 0 Å². The summed E-state index contributed by atoms with van der Waals surface area (Å²) in [5.74, 6) is 0.802. The minimum absolute atomic E-state index is 0.0198. The highest BCUT2D eigenvalue weighted by Gasteiger charge is 2.17. The van der Waals surface area contributed by atoms with Gasteiger partial charge in [0.15, 0.2) is 0 Å². The van der Waals surface area contributed by atoms with Crippen molar-refractivity contribution in [3.8, 4) is 5.75 Å². The van der Waals surface area contributed by atoms with E-state index >= 15 is 0 Å². The van der Waals surface area contributed by atoms with Crippen molar-refractivity contribution in [2.45, 2.75) is 32.7 Å². The number of hydrogen-bond acceptors (Lipinski definition) is 6. The molecule has 0 amide bonds. The third kappa shape index (κ3) is 3.98. The van der Waals surface area contributed by atoms with Gasteiger partial charge in [0, 0.05) is 6.20 Å². The number of nitrogens with one attached hydrogen (secondary N) is 1. The van der Waals surface area contributed by atoms with E-state index in [9.17, 15) is 0 Å². The molecule has 20 heavy (non-hydrogen) atoms. The monoisotopic (exact) mass is 292 g/mol. The molecule has 0 radical (unpaired) electrons. The third-order valence-electron chi connectivity index (χ3n) is 2.81. The molecular formula is C14H20N4OS. The highest BCUT2D eigenvalue weighted by Crippen LogP contribution is 2.23. The van der Waals surface area contributed by atoms with E-state index in [0.29, 0.717) is 6.61 Å². The molecule has 0 aliphatic rings. The number of pyridine rings is 1. The zero-order valence-electron chi connectivity index (χ0n) is 11.9. The molecule has 2 aromatic heterocycles. The minimum atomic E-state index is 0.0198. The summed E-state index contributed by atoms with van der Waals surface area (Å²) in [4.78, 5) is 4.27. The second-order valence-corrected chi connectivity index (χ2v) is 5.08. The first-order chi connectivity index (χ1) is 9.85. The van der Waals surface area contributed by atoms with Gasteiger partial charge in [0.05, 0.1) is 42.5 Å². The van der Waals surface area contributed by atoms with Crippen LogP contribution >= 0.6 is 11.7 Å². The second-order valence-electron chi connectivity index (χ2n) is 4.52. The molecule has 0 fully saturated rings. The number of rotatable bonds is 8. The predicted octanol–water partition coefficient (Wildman–Crippen LogP) is 2.81. The fourth-order valence-corrected chi connectivity index (χ4v) is 2.32. The molecule has 108 valence electrons. The van der Waals surface area contributed by atoms with Crippen molar-refractivity contribution in [1.82, 2.24) is 19.0 Å². The van der Waals surface area contributed by atoms with Gasteiger partial charge in [-0.15, -0.1) is 0 Å². The summed E-state index contributed by atoms with van der Waals surface area (Å²) in [6.07, 6.45) is 7.45. The van der Waals surface area contributed by atoms with Crippen LogP contribution in [0.1, 0.15) is 44.0 Å². The first kappa shape index (κ1) is 14.9. The Kier molecular flexibility index (Phi) is 5.88. The largest absolute Gasteiger partial charge is 0.492 e. The quantitative estimate of drug-likeness (QED) is 0.810. The molecule has 0 spiro atoms. The summed E-state index contributed by atoms with van der Waals surface area (Å²) >= 11 is 1.22. The first-order valence-electron chi connectivity index (χ1n) is 6.93. The molecule has 5 nitrogen and oxygen atoms in total. The highest BCUT2D eigenvalue weighted by atomic mass is 32.1. The Morgan fingerprint density at radius 3 is 2.85 bits per heavy atom. The Hall–Kier alpha value is -1.53. The lowest BCUT2D eigenvalue weighted by molar-refractivity contribution is 0.315. The van der Waals surface area contributed by atoms with Gasteiger partial charge in [0.2, 0.25) is 0 Å². The number of aromatic nitrogens is 3. The topological polar surface area (TPSA) is 59.9 Å². The van der Waals surface area contributed by atoms with E-state index in [1.807, 2.05) is 12.3 Å². The van der Waals surface area contributed by atoms with E-state index in [2.05, 4.69) is 32.9 Å². The fourth-order valence-electron chi connectivity index (χ4n) is 1.87.